The van der Waals surface area contributed by atoms with Crippen LogP contribution in [-0.4, -0.2) is 8.42 Å². The molecular weight excluding hydrogens is 457 g/mol. The van der Waals surface area contributed by atoms with E-state index >= 15 is 0 Å². The fraction of sp³-hybridized carbons (Fsp3) is 0.286. The molecule has 2 aliphatic rings. The first-order valence-electron chi connectivity index (χ1n) is 11.6. The Hall–Kier alpha value is -2.86. The van der Waals surface area contributed by atoms with Crippen molar-refractivity contribution in [3.05, 3.63) is 89.5 Å². The minimum absolute atomic E-state index is 0.232. The van der Waals surface area contributed by atoms with Gasteiger partial charge in [-0.1, -0.05) is 54.6 Å². The zero-order valence-corrected chi connectivity index (χ0v) is 19.2. The Kier molecular flexibility index (Phi) is 4.82. The average Bonchev–Trinajstić information content (AvgIpc) is 3.68. The van der Waals surface area contributed by atoms with Crippen LogP contribution in [0, 0.1) is 11.8 Å². The van der Waals surface area contributed by atoms with Crippen LogP contribution in [0.5, 0.6) is 0 Å². The highest BCUT2D eigenvalue weighted by Gasteiger charge is 2.43. The van der Waals surface area contributed by atoms with Crippen molar-refractivity contribution in [1.29, 1.82) is 0 Å². The van der Waals surface area contributed by atoms with Crippen LogP contribution in [0.3, 0.4) is 0 Å². The molecule has 6 rings (SSSR count). The van der Waals surface area contributed by atoms with Gasteiger partial charge in [0.2, 0.25) is 0 Å². The Bertz CT molecular complexity index is 1530. The van der Waals surface area contributed by atoms with E-state index in [2.05, 4.69) is 6.07 Å². The van der Waals surface area contributed by atoms with E-state index in [4.69, 9.17) is 0 Å². The Morgan fingerprint density at radius 3 is 2.29 bits per heavy atom. The molecule has 1 fully saturated rings. The highest BCUT2D eigenvalue weighted by molar-refractivity contribution is 7.91. The van der Waals surface area contributed by atoms with Crippen molar-refractivity contribution in [3.63, 3.8) is 0 Å². The van der Waals surface area contributed by atoms with Crippen LogP contribution in [0.4, 0.5) is 13.2 Å². The molecule has 6 heteroatoms. The van der Waals surface area contributed by atoms with Gasteiger partial charge in [-0.15, -0.1) is 0 Å². The summed E-state index contributed by atoms with van der Waals surface area (Å²) in [5.41, 5.74) is 0.830. The summed E-state index contributed by atoms with van der Waals surface area (Å²) >= 11 is 0. The van der Waals surface area contributed by atoms with Crippen LogP contribution in [0.25, 0.3) is 21.5 Å². The van der Waals surface area contributed by atoms with Crippen LogP contribution in [0.2, 0.25) is 0 Å². The van der Waals surface area contributed by atoms with Gasteiger partial charge in [0.15, 0.2) is 9.84 Å². The third kappa shape index (κ3) is 3.50. The molecule has 34 heavy (non-hydrogen) atoms. The molecule has 1 saturated carbocycles. The number of hydrogen-bond acceptors (Lipinski definition) is 2. The fourth-order valence-corrected chi connectivity index (χ4v) is 7.67. The van der Waals surface area contributed by atoms with E-state index in [-0.39, 0.29) is 10.8 Å². The molecule has 2 aliphatic carbocycles. The molecule has 0 spiro atoms. The molecule has 2 atom stereocenters. The van der Waals surface area contributed by atoms with Gasteiger partial charge in [0.25, 0.3) is 0 Å². The predicted octanol–water partition coefficient (Wildman–Crippen LogP) is 7.50. The zero-order chi connectivity index (χ0) is 23.7. The average molecular weight is 481 g/mol. The third-order valence-corrected chi connectivity index (χ3v) is 9.62. The van der Waals surface area contributed by atoms with E-state index in [1.54, 1.807) is 0 Å². The van der Waals surface area contributed by atoms with Gasteiger partial charge in [-0.25, -0.2) is 8.42 Å². The Morgan fingerprint density at radius 2 is 1.53 bits per heavy atom. The predicted molar refractivity (Wildman–Crippen MR) is 127 cm³/mol. The van der Waals surface area contributed by atoms with Gasteiger partial charge in [-0.05, 0) is 88.4 Å². The quantitative estimate of drug-likeness (QED) is 0.285. The number of alkyl halides is 3. The molecule has 0 radical (unpaired) electrons. The van der Waals surface area contributed by atoms with Gasteiger partial charge in [0.05, 0.1) is 15.7 Å². The Labute approximate surface area is 196 Å². The highest BCUT2D eigenvalue weighted by atomic mass is 32.2. The monoisotopic (exact) mass is 480 g/mol. The lowest BCUT2D eigenvalue weighted by Crippen LogP contribution is -2.26. The molecule has 0 heterocycles. The van der Waals surface area contributed by atoms with Gasteiger partial charge >= 0.3 is 6.18 Å². The van der Waals surface area contributed by atoms with Crippen LogP contribution in [0.15, 0.2) is 77.7 Å². The largest absolute Gasteiger partial charge is 0.416 e. The number of halogens is 3. The van der Waals surface area contributed by atoms with E-state index in [9.17, 15) is 21.6 Å². The normalized spacial score (nSPS) is 21.0. The van der Waals surface area contributed by atoms with Gasteiger partial charge in [-0.3, -0.25) is 0 Å². The van der Waals surface area contributed by atoms with Crippen molar-refractivity contribution in [2.24, 2.45) is 11.8 Å². The lowest BCUT2D eigenvalue weighted by atomic mass is 9.78. The third-order valence-electron chi connectivity index (χ3n) is 7.53. The maximum atomic E-state index is 14.0. The van der Waals surface area contributed by atoms with E-state index in [1.807, 2.05) is 42.5 Å². The van der Waals surface area contributed by atoms with Crippen LogP contribution < -0.4 is 0 Å². The van der Waals surface area contributed by atoms with Crippen molar-refractivity contribution >= 4 is 31.4 Å². The molecule has 174 valence electrons. The van der Waals surface area contributed by atoms with Crippen molar-refractivity contribution in [2.45, 2.75) is 42.0 Å². The second kappa shape index (κ2) is 7.57. The van der Waals surface area contributed by atoms with Crippen molar-refractivity contribution in [2.75, 3.05) is 0 Å². The molecule has 0 N–H and O–H groups in total. The topological polar surface area (TPSA) is 34.1 Å². The molecule has 4 aromatic carbocycles. The minimum atomic E-state index is -4.60. The highest BCUT2D eigenvalue weighted by Crippen LogP contribution is 2.51. The number of fused-ring (bicyclic) bond motifs is 5. The second-order valence-corrected chi connectivity index (χ2v) is 11.7. The number of rotatable bonds is 3. The molecule has 0 bridgehead atoms. The first-order chi connectivity index (χ1) is 16.2. The minimum Gasteiger partial charge on any atom is -0.223 e. The van der Waals surface area contributed by atoms with Gasteiger partial charge in [0, 0.05) is 0 Å². The molecule has 2 unspecified atom stereocenters. The molecular formula is C28H23F3O2S. The molecule has 0 amide bonds. The molecule has 0 saturated heterocycles. The first kappa shape index (κ1) is 21.7. The van der Waals surface area contributed by atoms with Crippen molar-refractivity contribution in [3.8, 4) is 0 Å². The summed E-state index contributed by atoms with van der Waals surface area (Å²) in [5, 5.41) is 3.10. The first-order valence-corrected chi connectivity index (χ1v) is 13.1. The molecule has 2 nitrogen and oxygen atoms in total. The molecule has 0 aliphatic heterocycles. The molecule has 4 aromatic rings. The van der Waals surface area contributed by atoms with Crippen LogP contribution in [-0.2, 0) is 22.4 Å². The zero-order valence-electron chi connectivity index (χ0n) is 18.3. The van der Waals surface area contributed by atoms with Crippen LogP contribution >= 0.6 is 0 Å². The molecule has 0 aromatic heterocycles. The van der Waals surface area contributed by atoms with Crippen molar-refractivity contribution in [1.82, 2.24) is 0 Å². The maximum absolute atomic E-state index is 14.0. The van der Waals surface area contributed by atoms with Crippen LogP contribution in [0.1, 0.15) is 41.2 Å². The number of hydrogen-bond donors (Lipinski definition) is 0. The number of sulfone groups is 1. The second-order valence-electron chi connectivity index (χ2n) is 9.62. The smallest absolute Gasteiger partial charge is 0.223 e. The summed E-state index contributed by atoms with van der Waals surface area (Å²) in [6.07, 6.45) is -1.15. The lowest BCUT2D eigenvalue weighted by Gasteiger charge is -2.33. The maximum Gasteiger partial charge on any atom is 0.416 e. The summed E-state index contributed by atoms with van der Waals surface area (Å²) < 4.78 is 68.0. The van der Waals surface area contributed by atoms with Gasteiger partial charge in [-0.2, -0.15) is 13.2 Å². The standard InChI is InChI=1S/C28H23F3O2S/c29-28(30,31)21-5-3-6-22(16-21)34(32,33)26-15-20(17-8-9-17)14-19-11-12-24-23-7-2-1-4-18(23)10-13-25(24)27(19)26/h1-7,10-13,16-17,20,26H,8-9,14-15H2. The summed E-state index contributed by atoms with van der Waals surface area (Å²) in [4.78, 5) is -0.257. The van der Waals surface area contributed by atoms with E-state index in [0.717, 1.165) is 64.1 Å². The van der Waals surface area contributed by atoms with Crippen molar-refractivity contribution < 1.29 is 21.6 Å². The summed E-state index contributed by atoms with van der Waals surface area (Å²) in [7, 11) is -4.04. The lowest BCUT2D eigenvalue weighted by molar-refractivity contribution is -0.137. The Balaban J connectivity index is 1.58. The van der Waals surface area contributed by atoms with E-state index in [0.29, 0.717) is 12.3 Å². The summed E-state index contributed by atoms with van der Waals surface area (Å²) in [6, 6.07) is 20.2. The van der Waals surface area contributed by atoms with E-state index < -0.39 is 26.8 Å². The Morgan fingerprint density at radius 1 is 0.765 bits per heavy atom. The van der Waals surface area contributed by atoms with Gasteiger partial charge < -0.3 is 0 Å². The number of benzene rings is 4. The summed E-state index contributed by atoms with van der Waals surface area (Å²) in [5.74, 6) is 0.732. The van der Waals surface area contributed by atoms with E-state index in [1.165, 1.54) is 12.1 Å². The summed E-state index contributed by atoms with van der Waals surface area (Å²) in [6.45, 7) is 0. The fourth-order valence-electron chi connectivity index (χ4n) is 5.70. The van der Waals surface area contributed by atoms with Gasteiger partial charge in [0.1, 0.15) is 0 Å². The SMILES string of the molecule is O=S(=O)(c1cccc(C(F)(F)F)c1)C1CC(C2CC2)Cc2ccc3c(ccc4ccccc43)c21.